The van der Waals surface area contributed by atoms with Gasteiger partial charge in [-0.25, -0.2) is 9.07 Å². The predicted octanol–water partition coefficient (Wildman–Crippen LogP) is 1.94. The van der Waals surface area contributed by atoms with Crippen LogP contribution in [0.15, 0.2) is 65.6 Å². The summed E-state index contributed by atoms with van der Waals surface area (Å²) in [7, 11) is 0. The molecule has 0 saturated carbocycles. The quantitative estimate of drug-likeness (QED) is 0.747. The summed E-state index contributed by atoms with van der Waals surface area (Å²) in [5, 5.41) is 6.67. The minimum Gasteiger partial charge on any atom is -0.486 e. The van der Waals surface area contributed by atoms with Crippen LogP contribution in [0.5, 0.6) is 11.5 Å². The molecular formula is C20H16FN3O4. The molecule has 0 bridgehead atoms. The van der Waals surface area contributed by atoms with Gasteiger partial charge < -0.3 is 14.8 Å². The third-order valence-electron chi connectivity index (χ3n) is 4.15. The van der Waals surface area contributed by atoms with Crippen LogP contribution in [0.1, 0.15) is 10.5 Å². The second-order valence-corrected chi connectivity index (χ2v) is 6.16. The fourth-order valence-corrected chi connectivity index (χ4v) is 2.78. The van der Waals surface area contributed by atoms with E-state index in [2.05, 4.69) is 10.4 Å². The van der Waals surface area contributed by atoms with Crippen molar-refractivity contribution in [1.82, 2.24) is 15.1 Å². The van der Waals surface area contributed by atoms with E-state index in [1.54, 1.807) is 18.2 Å². The van der Waals surface area contributed by atoms with E-state index in [1.165, 1.54) is 35.1 Å². The van der Waals surface area contributed by atoms with E-state index in [1.807, 2.05) is 12.1 Å². The fraction of sp³-hybridized carbons (Fsp3) is 0.150. The Bertz CT molecular complexity index is 1080. The standard InChI is InChI=1S/C20H16FN3O4/c21-13-4-3-5-14(10-13)24-9-8-16(25)19(23-24)20(26)22-11-15-12-27-17-6-1-2-7-18(17)28-15/h1-10,15H,11-12H2,(H,22,26)/t15-/m0/s1. The Balaban J connectivity index is 1.46. The van der Waals surface area contributed by atoms with E-state index >= 15 is 0 Å². The molecular weight excluding hydrogens is 365 g/mol. The number of benzene rings is 2. The zero-order valence-electron chi connectivity index (χ0n) is 14.7. The van der Waals surface area contributed by atoms with Crippen LogP contribution < -0.4 is 20.2 Å². The molecule has 3 aromatic rings. The van der Waals surface area contributed by atoms with Crippen molar-refractivity contribution in [2.24, 2.45) is 0 Å². The first-order valence-electron chi connectivity index (χ1n) is 8.63. The lowest BCUT2D eigenvalue weighted by Gasteiger charge is -2.26. The van der Waals surface area contributed by atoms with Gasteiger partial charge in [-0.3, -0.25) is 9.59 Å². The Labute approximate surface area is 159 Å². The van der Waals surface area contributed by atoms with Gasteiger partial charge in [0.15, 0.2) is 17.2 Å². The summed E-state index contributed by atoms with van der Waals surface area (Å²) in [6.07, 6.45) is 0.983. The van der Waals surface area contributed by atoms with Gasteiger partial charge in [-0.15, -0.1) is 0 Å². The molecule has 0 unspecified atom stereocenters. The Morgan fingerprint density at radius 1 is 1.18 bits per heavy atom. The number of halogens is 1. The largest absolute Gasteiger partial charge is 0.486 e. The molecule has 4 rings (SSSR count). The van der Waals surface area contributed by atoms with Crippen molar-refractivity contribution in [3.05, 3.63) is 82.5 Å². The van der Waals surface area contributed by atoms with Gasteiger partial charge in [0, 0.05) is 12.3 Å². The third kappa shape index (κ3) is 3.71. The maximum Gasteiger partial charge on any atom is 0.275 e. The number of nitrogens with zero attached hydrogens (tertiary/aromatic N) is 2. The molecule has 142 valence electrons. The number of carbonyl (C=O) groups is 1. The van der Waals surface area contributed by atoms with E-state index in [9.17, 15) is 14.0 Å². The molecule has 2 aromatic carbocycles. The second-order valence-electron chi connectivity index (χ2n) is 6.16. The number of aromatic nitrogens is 2. The highest BCUT2D eigenvalue weighted by molar-refractivity contribution is 5.92. The summed E-state index contributed by atoms with van der Waals surface area (Å²) >= 11 is 0. The average molecular weight is 381 g/mol. The number of para-hydroxylation sites is 2. The van der Waals surface area contributed by atoms with Crippen LogP contribution in [-0.4, -0.2) is 34.9 Å². The minimum absolute atomic E-state index is 0.142. The summed E-state index contributed by atoms with van der Waals surface area (Å²) in [4.78, 5) is 24.5. The number of hydrogen-bond donors (Lipinski definition) is 1. The van der Waals surface area contributed by atoms with Crippen molar-refractivity contribution in [2.75, 3.05) is 13.2 Å². The van der Waals surface area contributed by atoms with Crippen LogP contribution in [0.25, 0.3) is 5.69 Å². The van der Waals surface area contributed by atoms with E-state index < -0.39 is 23.3 Å². The van der Waals surface area contributed by atoms with Gasteiger partial charge in [-0.05, 0) is 30.3 Å². The minimum atomic E-state index is -0.641. The van der Waals surface area contributed by atoms with Gasteiger partial charge in [0.2, 0.25) is 5.43 Å². The maximum absolute atomic E-state index is 13.4. The van der Waals surface area contributed by atoms with Gasteiger partial charge in [0.05, 0.1) is 12.2 Å². The van der Waals surface area contributed by atoms with Gasteiger partial charge in [0.25, 0.3) is 5.91 Å². The summed E-state index contributed by atoms with van der Waals surface area (Å²) in [5.74, 6) is 0.156. The molecule has 28 heavy (non-hydrogen) atoms. The molecule has 1 amide bonds. The lowest BCUT2D eigenvalue weighted by Crippen LogP contribution is -2.42. The van der Waals surface area contributed by atoms with Crippen molar-refractivity contribution in [2.45, 2.75) is 6.10 Å². The molecule has 1 N–H and O–H groups in total. The molecule has 7 nitrogen and oxygen atoms in total. The number of nitrogens with one attached hydrogen (secondary N) is 1. The molecule has 8 heteroatoms. The lowest BCUT2D eigenvalue weighted by atomic mass is 10.2. The third-order valence-corrected chi connectivity index (χ3v) is 4.15. The zero-order chi connectivity index (χ0) is 19.5. The van der Waals surface area contributed by atoms with Crippen LogP contribution in [-0.2, 0) is 0 Å². The van der Waals surface area contributed by atoms with E-state index in [0.717, 1.165) is 0 Å². The number of amides is 1. The molecule has 1 aliphatic heterocycles. The molecule has 2 heterocycles. The van der Waals surface area contributed by atoms with Crippen LogP contribution in [0, 0.1) is 5.82 Å². The van der Waals surface area contributed by atoms with E-state index in [0.29, 0.717) is 17.2 Å². The first-order valence-corrected chi connectivity index (χ1v) is 8.63. The maximum atomic E-state index is 13.4. The lowest BCUT2D eigenvalue weighted by molar-refractivity contribution is 0.0784. The summed E-state index contributed by atoms with van der Waals surface area (Å²) in [5.41, 5.74) is -0.421. The Morgan fingerprint density at radius 3 is 2.82 bits per heavy atom. The number of ether oxygens (including phenoxy) is 2. The molecule has 1 aliphatic rings. The predicted molar refractivity (Wildman–Crippen MR) is 98.5 cm³/mol. The van der Waals surface area contributed by atoms with Crippen LogP contribution in [0.3, 0.4) is 0 Å². The van der Waals surface area contributed by atoms with Gasteiger partial charge in [0.1, 0.15) is 18.5 Å². The van der Waals surface area contributed by atoms with Gasteiger partial charge in [-0.1, -0.05) is 18.2 Å². The monoisotopic (exact) mass is 381 g/mol. The first-order chi connectivity index (χ1) is 13.6. The highest BCUT2D eigenvalue weighted by Gasteiger charge is 2.22. The molecule has 0 saturated heterocycles. The van der Waals surface area contributed by atoms with Crippen molar-refractivity contribution < 1.29 is 18.7 Å². The number of hydrogen-bond acceptors (Lipinski definition) is 5. The van der Waals surface area contributed by atoms with Crippen LogP contribution in [0.4, 0.5) is 4.39 Å². The number of carbonyl (C=O) groups excluding carboxylic acids is 1. The normalized spacial score (nSPS) is 15.1. The summed E-state index contributed by atoms with van der Waals surface area (Å²) in [6.45, 7) is 0.413. The summed E-state index contributed by atoms with van der Waals surface area (Å²) in [6, 6.07) is 14.1. The summed E-state index contributed by atoms with van der Waals surface area (Å²) < 4.78 is 26.1. The Hall–Kier alpha value is -3.68. The first kappa shape index (κ1) is 17.7. The van der Waals surface area contributed by atoms with Crippen LogP contribution >= 0.6 is 0 Å². The molecule has 1 atom stereocenters. The Kier molecular flexibility index (Phi) is 4.76. The molecule has 0 spiro atoms. The fourth-order valence-electron chi connectivity index (χ4n) is 2.78. The van der Waals surface area contributed by atoms with Crippen molar-refractivity contribution in [1.29, 1.82) is 0 Å². The molecule has 0 radical (unpaired) electrons. The smallest absolute Gasteiger partial charge is 0.275 e. The molecule has 0 aliphatic carbocycles. The van der Waals surface area contributed by atoms with Crippen LogP contribution in [0.2, 0.25) is 0 Å². The van der Waals surface area contributed by atoms with Crippen molar-refractivity contribution >= 4 is 5.91 Å². The second kappa shape index (κ2) is 7.51. The highest BCUT2D eigenvalue weighted by Crippen LogP contribution is 2.30. The number of fused-ring (bicyclic) bond motifs is 1. The topological polar surface area (TPSA) is 82.4 Å². The average Bonchev–Trinajstić information content (AvgIpc) is 2.72. The van der Waals surface area contributed by atoms with Gasteiger partial charge in [-0.2, -0.15) is 5.10 Å². The SMILES string of the molecule is O=C(NC[C@H]1COc2ccccc2O1)c1nn(-c2cccc(F)c2)ccc1=O. The van der Waals surface area contributed by atoms with E-state index in [-0.39, 0.29) is 18.8 Å². The van der Waals surface area contributed by atoms with Crippen molar-refractivity contribution in [3.63, 3.8) is 0 Å². The number of rotatable bonds is 4. The van der Waals surface area contributed by atoms with Gasteiger partial charge >= 0.3 is 0 Å². The Morgan fingerprint density at radius 2 is 2.00 bits per heavy atom. The van der Waals surface area contributed by atoms with E-state index in [4.69, 9.17) is 9.47 Å². The highest BCUT2D eigenvalue weighted by atomic mass is 19.1. The zero-order valence-corrected chi connectivity index (χ0v) is 14.7. The molecule has 0 fully saturated rings. The molecule has 1 aromatic heterocycles. The van der Waals surface area contributed by atoms with Crippen molar-refractivity contribution in [3.8, 4) is 17.2 Å².